The first-order valence-corrected chi connectivity index (χ1v) is 16.4. The molecule has 8 nitrogen and oxygen atoms in total. The average Bonchev–Trinajstić information content (AvgIpc) is 3.21. The first-order chi connectivity index (χ1) is 18.5. The van der Waals surface area contributed by atoms with Crippen molar-refractivity contribution in [2.45, 2.75) is 62.7 Å². The molecule has 0 fully saturated rings. The highest BCUT2D eigenvalue weighted by atomic mass is 35.5. The lowest BCUT2D eigenvalue weighted by Crippen LogP contribution is -2.28. The Labute approximate surface area is 241 Å². The van der Waals surface area contributed by atoms with Crippen LogP contribution in [0.15, 0.2) is 70.6 Å². The van der Waals surface area contributed by atoms with E-state index in [1.807, 2.05) is 60.9 Å². The van der Waals surface area contributed by atoms with Crippen molar-refractivity contribution in [1.82, 2.24) is 0 Å². The Morgan fingerprint density at radius 1 is 0.925 bits per heavy atom. The Morgan fingerprint density at radius 3 is 2.33 bits per heavy atom. The van der Waals surface area contributed by atoms with Crippen LogP contribution >= 0.6 is 11.6 Å². The standard InChI is InChI=1S/C29H33ClN2O6S2/c1-28(2)22-18-20(30)12-14-24(22)31-26(28)10-6-5-7-11-27-29(3,4)23-19-21(40(36,37)38)13-15-25(23)32(27)16-8-9-17-39(33,34)35/h5-7,11-15,18-19H,8-10,16-17H2,1-4H3,(H-,33,34,35,36,37,38)/p+1/b6-5+,11-7+. The van der Waals surface area contributed by atoms with Crippen molar-refractivity contribution in [2.75, 3.05) is 12.3 Å². The second-order valence-electron chi connectivity index (χ2n) is 11.1. The van der Waals surface area contributed by atoms with Gasteiger partial charge >= 0.3 is 0 Å². The minimum atomic E-state index is -4.38. The number of hydrogen-bond donors (Lipinski definition) is 2. The summed E-state index contributed by atoms with van der Waals surface area (Å²) in [5.41, 5.74) is 4.66. The van der Waals surface area contributed by atoms with Crippen LogP contribution in [0, 0.1) is 0 Å². The van der Waals surface area contributed by atoms with Crippen molar-refractivity contribution >= 4 is 54.6 Å². The topological polar surface area (TPSA) is 124 Å². The third kappa shape index (κ3) is 6.31. The lowest BCUT2D eigenvalue weighted by atomic mass is 9.80. The van der Waals surface area contributed by atoms with Crippen molar-refractivity contribution < 1.29 is 30.5 Å². The number of fused-ring (bicyclic) bond motifs is 2. The summed E-state index contributed by atoms with van der Waals surface area (Å²) in [5, 5.41) is 0.685. The molecular weight excluding hydrogens is 572 g/mol. The number of unbranched alkanes of at least 4 members (excludes halogenated alkanes) is 1. The lowest BCUT2D eigenvalue weighted by molar-refractivity contribution is -0.438. The maximum absolute atomic E-state index is 11.8. The highest BCUT2D eigenvalue weighted by Crippen LogP contribution is 2.43. The van der Waals surface area contributed by atoms with Gasteiger partial charge in [0.2, 0.25) is 5.69 Å². The van der Waals surface area contributed by atoms with Crippen LogP contribution in [0.25, 0.3) is 0 Å². The summed E-state index contributed by atoms with van der Waals surface area (Å²) in [6, 6.07) is 10.2. The van der Waals surface area contributed by atoms with Gasteiger partial charge in [-0.3, -0.25) is 14.1 Å². The van der Waals surface area contributed by atoms with E-state index in [1.54, 1.807) is 6.07 Å². The molecule has 2 aliphatic heterocycles. The zero-order chi connectivity index (χ0) is 29.5. The summed E-state index contributed by atoms with van der Waals surface area (Å²) < 4.78 is 66.7. The van der Waals surface area contributed by atoms with Gasteiger partial charge in [0.1, 0.15) is 6.54 Å². The van der Waals surface area contributed by atoms with Crippen LogP contribution < -0.4 is 0 Å². The highest BCUT2D eigenvalue weighted by molar-refractivity contribution is 7.86. The van der Waals surface area contributed by atoms with E-state index in [9.17, 15) is 21.4 Å². The van der Waals surface area contributed by atoms with E-state index >= 15 is 0 Å². The monoisotopic (exact) mass is 605 g/mol. The molecule has 40 heavy (non-hydrogen) atoms. The van der Waals surface area contributed by atoms with Crippen LogP contribution in [0.2, 0.25) is 5.02 Å². The molecular formula is C29H34ClN2O6S2+. The van der Waals surface area contributed by atoms with Gasteiger partial charge in [-0.1, -0.05) is 43.7 Å². The number of hydrogen-bond acceptors (Lipinski definition) is 5. The van der Waals surface area contributed by atoms with Crippen molar-refractivity contribution in [2.24, 2.45) is 4.99 Å². The smallest absolute Gasteiger partial charge is 0.286 e. The zero-order valence-corrected chi connectivity index (χ0v) is 25.3. The number of nitrogens with zero attached hydrogens (tertiary/aromatic N) is 2. The molecule has 11 heteroatoms. The van der Waals surface area contributed by atoms with Gasteiger partial charge in [-0.15, -0.1) is 0 Å². The molecule has 0 radical (unpaired) electrons. The van der Waals surface area contributed by atoms with Gasteiger partial charge in [0.15, 0.2) is 5.71 Å². The van der Waals surface area contributed by atoms with Crippen molar-refractivity contribution in [3.8, 4) is 0 Å². The normalized spacial score (nSPS) is 18.0. The maximum Gasteiger partial charge on any atom is 0.294 e. The molecule has 0 aliphatic carbocycles. The number of benzene rings is 2. The summed E-state index contributed by atoms with van der Waals surface area (Å²) in [6.45, 7) is 8.67. The fraction of sp³-hybridized carbons (Fsp3) is 0.379. The molecule has 2 aliphatic rings. The summed E-state index contributed by atoms with van der Waals surface area (Å²) in [7, 11) is -8.43. The Kier molecular flexibility index (Phi) is 8.33. The van der Waals surface area contributed by atoms with E-state index in [-0.39, 0.29) is 22.5 Å². The predicted octanol–water partition coefficient (Wildman–Crippen LogP) is 6.20. The van der Waals surface area contributed by atoms with Crippen LogP contribution in [-0.2, 0) is 31.1 Å². The Bertz CT molecular complexity index is 1680. The zero-order valence-electron chi connectivity index (χ0n) is 22.9. The molecule has 0 bridgehead atoms. The van der Waals surface area contributed by atoms with Crippen LogP contribution in [-0.4, -0.2) is 54.2 Å². The number of allylic oxidation sites excluding steroid dienone is 4. The second-order valence-corrected chi connectivity index (χ2v) is 14.6. The highest BCUT2D eigenvalue weighted by Gasteiger charge is 2.44. The van der Waals surface area contributed by atoms with Gasteiger partial charge in [0.05, 0.1) is 21.8 Å². The van der Waals surface area contributed by atoms with E-state index in [2.05, 4.69) is 13.8 Å². The molecule has 0 saturated heterocycles. The third-order valence-corrected chi connectivity index (χ3v) is 9.51. The minimum absolute atomic E-state index is 0.182. The summed E-state index contributed by atoms with van der Waals surface area (Å²) in [6.07, 6.45) is 9.28. The summed E-state index contributed by atoms with van der Waals surface area (Å²) in [5.74, 6) is -0.330. The van der Waals surface area contributed by atoms with Gasteiger partial charge in [-0.25, -0.2) is 0 Å². The molecule has 2 aromatic carbocycles. The fourth-order valence-corrected chi connectivity index (χ4v) is 6.61. The van der Waals surface area contributed by atoms with E-state index in [4.69, 9.17) is 21.1 Å². The fourth-order valence-electron chi connectivity index (χ4n) is 5.36. The molecule has 0 spiro atoms. The first-order valence-electron chi connectivity index (χ1n) is 13.0. The lowest BCUT2D eigenvalue weighted by Gasteiger charge is -2.21. The minimum Gasteiger partial charge on any atom is -0.286 e. The SMILES string of the molecule is CC1(C)C(C/C=C/C=C/C2=[N+](CCCCS(=O)(=O)O)c3ccc(S(=O)(=O)O)cc3C2(C)C)=Nc2ccc(Cl)cc21. The Morgan fingerprint density at radius 2 is 1.65 bits per heavy atom. The molecule has 0 unspecified atom stereocenters. The maximum atomic E-state index is 11.8. The van der Waals surface area contributed by atoms with E-state index in [1.165, 1.54) is 12.1 Å². The Balaban J connectivity index is 1.58. The van der Waals surface area contributed by atoms with Gasteiger partial charge in [-0.2, -0.15) is 21.4 Å². The number of halogens is 1. The predicted molar refractivity (Wildman–Crippen MR) is 159 cm³/mol. The molecule has 4 rings (SSSR count). The van der Waals surface area contributed by atoms with Gasteiger partial charge < -0.3 is 0 Å². The third-order valence-electron chi connectivity index (χ3n) is 7.62. The molecule has 0 saturated carbocycles. The average molecular weight is 606 g/mol. The number of aliphatic imine (C=N–C) groups is 1. The van der Waals surface area contributed by atoms with E-state index in [0.29, 0.717) is 24.4 Å². The van der Waals surface area contributed by atoms with Crippen LogP contribution in [0.4, 0.5) is 11.4 Å². The van der Waals surface area contributed by atoms with Crippen LogP contribution in [0.1, 0.15) is 58.1 Å². The molecule has 0 aromatic heterocycles. The van der Waals surface area contributed by atoms with Gasteiger partial charge in [0, 0.05) is 46.7 Å². The molecule has 214 valence electrons. The van der Waals surface area contributed by atoms with Gasteiger partial charge in [-0.05, 0) is 56.2 Å². The number of rotatable bonds is 10. The van der Waals surface area contributed by atoms with E-state index < -0.39 is 25.7 Å². The quantitative estimate of drug-likeness (QED) is 0.144. The van der Waals surface area contributed by atoms with Crippen LogP contribution in [0.5, 0.6) is 0 Å². The molecule has 2 aromatic rings. The van der Waals surface area contributed by atoms with E-state index in [0.717, 1.165) is 33.9 Å². The second kappa shape index (κ2) is 11.0. The Hall–Kier alpha value is -2.63. The van der Waals surface area contributed by atoms with Crippen molar-refractivity contribution in [1.29, 1.82) is 0 Å². The molecule has 2 N–H and O–H groups in total. The summed E-state index contributed by atoms with van der Waals surface area (Å²) >= 11 is 6.20. The van der Waals surface area contributed by atoms with Crippen LogP contribution in [0.3, 0.4) is 0 Å². The molecule has 2 heterocycles. The molecule has 0 atom stereocenters. The first kappa shape index (κ1) is 30.3. The largest absolute Gasteiger partial charge is 0.294 e. The van der Waals surface area contributed by atoms with Gasteiger partial charge in [0.25, 0.3) is 20.2 Å². The van der Waals surface area contributed by atoms with Crippen molar-refractivity contribution in [3.05, 3.63) is 76.9 Å². The molecule has 0 amide bonds. The van der Waals surface area contributed by atoms with Crippen molar-refractivity contribution in [3.63, 3.8) is 0 Å². The summed E-state index contributed by atoms with van der Waals surface area (Å²) in [4.78, 5) is 4.63.